The summed E-state index contributed by atoms with van der Waals surface area (Å²) < 4.78 is 34.5. The molecule has 0 saturated carbocycles. The SMILES string of the molecule is O=S(=O)(CCOC1CNCCO1)Cc1ccccc1. The van der Waals surface area contributed by atoms with Gasteiger partial charge in [0, 0.05) is 13.1 Å². The Morgan fingerprint density at radius 2 is 2.11 bits per heavy atom. The fourth-order valence-electron chi connectivity index (χ4n) is 1.86. The van der Waals surface area contributed by atoms with E-state index in [2.05, 4.69) is 5.32 Å². The average molecular weight is 285 g/mol. The smallest absolute Gasteiger partial charge is 0.169 e. The highest BCUT2D eigenvalue weighted by atomic mass is 32.2. The quantitative estimate of drug-likeness (QED) is 0.827. The molecule has 106 valence electrons. The van der Waals surface area contributed by atoms with E-state index in [4.69, 9.17) is 9.47 Å². The van der Waals surface area contributed by atoms with Crippen molar-refractivity contribution in [3.8, 4) is 0 Å². The molecule has 1 saturated heterocycles. The van der Waals surface area contributed by atoms with Crippen LogP contribution in [0, 0.1) is 0 Å². The molecule has 0 aromatic heterocycles. The lowest BCUT2D eigenvalue weighted by Crippen LogP contribution is -2.40. The van der Waals surface area contributed by atoms with E-state index in [0.717, 1.165) is 12.1 Å². The molecule has 0 radical (unpaired) electrons. The second-order valence-electron chi connectivity index (χ2n) is 4.45. The van der Waals surface area contributed by atoms with Crippen LogP contribution >= 0.6 is 0 Å². The number of nitrogens with one attached hydrogen (secondary N) is 1. The molecular weight excluding hydrogens is 266 g/mol. The molecule has 1 unspecified atom stereocenters. The minimum Gasteiger partial charge on any atom is -0.350 e. The van der Waals surface area contributed by atoms with Gasteiger partial charge in [-0.3, -0.25) is 0 Å². The first kappa shape index (κ1) is 14.5. The minimum atomic E-state index is -3.14. The van der Waals surface area contributed by atoms with Gasteiger partial charge in [0.15, 0.2) is 16.1 Å². The number of morpholine rings is 1. The summed E-state index contributed by atoms with van der Waals surface area (Å²) in [6.45, 7) is 2.19. The molecule has 2 rings (SSSR count). The number of benzene rings is 1. The second kappa shape index (κ2) is 7.00. The highest BCUT2D eigenvalue weighted by Crippen LogP contribution is 2.07. The summed E-state index contributed by atoms with van der Waals surface area (Å²) in [5, 5.41) is 3.12. The van der Waals surface area contributed by atoms with Crippen molar-refractivity contribution in [1.82, 2.24) is 5.32 Å². The summed E-state index contributed by atoms with van der Waals surface area (Å²) in [6, 6.07) is 9.16. The van der Waals surface area contributed by atoms with Crippen molar-refractivity contribution >= 4 is 9.84 Å². The minimum absolute atomic E-state index is 0.0156. The largest absolute Gasteiger partial charge is 0.350 e. The van der Waals surface area contributed by atoms with Gasteiger partial charge >= 0.3 is 0 Å². The maximum absolute atomic E-state index is 11.9. The Morgan fingerprint density at radius 3 is 2.79 bits per heavy atom. The van der Waals surface area contributed by atoms with Crippen molar-refractivity contribution < 1.29 is 17.9 Å². The molecule has 19 heavy (non-hydrogen) atoms. The Balaban J connectivity index is 1.74. The summed E-state index contributed by atoms with van der Waals surface area (Å²) in [4.78, 5) is 0. The zero-order valence-corrected chi connectivity index (χ0v) is 11.6. The van der Waals surface area contributed by atoms with Crippen molar-refractivity contribution in [2.75, 3.05) is 32.1 Å². The van der Waals surface area contributed by atoms with E-state index >= 15 is 0 Å². The third-order valence-corrected chi connectivity index (χ3v) is 4.38. The zero-order chi connectivity index (χ0) is 13.6. The summed E-state index contributed by atoms with van der Waals surface area (Å²) in [5.41, 5.74) is 0.804. The van der Waals surface area contributed by atoms with Crippen LogP contribution in [0.3, 0.4) is 0 Å². The monoisotopic (exact) mass is 285 g/mol. The van der Waals surface area contributed by atoms with Crippen LogP contribution in [0.5, 0.6) is 0 Å². The van der Waals surface area contributed by atoms with Crippen LogP contribution in [0.4, 0.5) is 0 Å². The van der Waals surface area contributed by atoms with Crippen molar-refractivity contribution in [3.05, 3.63) is 35.9 Å². The van der Waals surface area contributed by atoms with Crippen LogP contribution < -0.4 is 5.32 Å². The van der Waals surface area contributed by atoms with E-state index in [9.17, 15) is 8.42 Å². The molecule has 1 aliphatic heterocycles. The first-order chi connectivity index (χ1) is 9.16. The number of ether oxygens (including phenoxy) is 2. The first-order valence-electron chi connectivity index (χ1n) is 6.34. The molecular formula is C13H19NO4S. The molecule has 1 N–H and O–H groups in total. The van der Waals surface area contributed by atoms with Gasteiger partial charge in [-0.1, -0.05) is 30.3 Å². The highest BCUT2D eigenvalue weighted by Gasteiger charge is 2.16. The van der Waals surface area contributed by atoms with Gasteiger partial charge in [-0.2, -0.15) is 0 Å². The van der Waals surface area contributed by atoms with Crippen LogP contribution in [0.1, 0.15) is 5.56 Å². The van der Waals surface area contributed by atoms with Gasteiger partial charge in [0.05, 0.1) is 24.7 Å². The Hall–Kier alpha value is -0.950. The van der Waals surface area contributed by atoms with E-state index < -0.39 is 9.84 Å². The number of hydrogen-bond donors (Lipinski definition) is 1. The van der Waals surface area contributed by atoms with Gasteiger partial charge in [0.25, 0.3) is 0 Å². The van der Waals surface area contributed by atoms with Crippen LogP contribution in [-0.4, -0.2) is 46.8 Å². The highest BCUT2D eigenvalue weighted by molar-refractivity contribution is 7.90. The molecule has 1 aromatic rings. The average Bonchev–Trinajstić information content (AvgIpc) is 2.40. The van der Waals surface area contributed by atoms with Crippen LogP contribution in [0.25, 0.3) is 0 Å². The molecule has 1 atom stereocenters. The van der Waals surface area contributed by atoms with Gasteiger partial charge in [-0.05, 0) is 5.56 Å². The Kier molecular flexibility index (Phi) is 5.33. The second-order valence-corrected chi connectivity index (χ2v) is 6.64. The maximum atomic E-state index is 11.9. The van der Waals surface area contributed by atoms with E-state index in [1.165, 1.54) is 0 Å². The van der Waals surface area contributed by atoms with E-state index in [-0.39, 0.29) is 24.4 Å². The molecule has 1 fully saturated rings. The predicted molar refractivity (Wildman–Crippen MR) is 72.5 cm³/mol. The molecule has 1 heterocycles. The van der Waals surface area contributed by atoms with Crippen LogP contribution in [-0.2, 0) is 25.1 Å². The third kappa shape index (κ3) is 5.28. The van der Waals surface area contributed by atoms with Gasteiger partial charge < -0.3 is 14.8 Å². The molecule has 6 heteroatoms. The standard InChI is InChI=1S/C13H19NO4S/c15-19(16,11-12-4-2-1-3-5-12)9-8-18-13-10-14-6-7-17-13/h1-5,13-14H,6-11H2. The molecule has 0 aliphatic carbocycles. The van der Waals surface area contributed by atoms with Crippen molar-refractivity contribution in [1.29, 1.82) is 0 Å². The lowest BCUT2D eigenvalue weighted by Gasteiger charge is -2.23. The summed E-state index contributed by atoms with van der Waals surface area (Å²) in [7, 11) is -3.14. The number of rotatable bonds is 6. The van der Waals surface area contributed by atoms with Gasteiger partial charge in [-0.25, -0.2) is 8.42 Å². The Morgan fingerprint density at radius 1 is 1.32 bits per heavy atom. The van der Waals surface area contributed by atoms with E-state index in [0.29, 0.717) is 13.2 Å². The van der Waals surface area contributed by atoms with Crippen molar-refractivity contribution in [2.24, 2.45) is 0 Å². The lowest BCUT2D eigenvalue weighted by atomic mass is 10.2. The number of hydrogen-bond acceptors (Lipinski definition) is 5. The molecule has 0 spiro atoms. The van der Waals surface area contributed by atoms with E-state index in [1.807, 2.05) is 30.3 Å². The fraction of sp³-hybridized carbons (Fsp3) is 0.538. The van der Waals surface area contributed by atoms with Gasteiger partial charge in [-0.15, -0.1) is 0 Å². The predicted octanol–water partition coefficient (Wildman–Crippen LogP) is 0.564. The summed E-state index contributed by atoms with van der Waals surface area (Å²) in [6.07, 6.45) is -0.333. The molecule has 5 nitrogen and oxygen atoms in total. The van der Waals surface area contributed by atoms with Crippen molar-refractivity contribution in [3.63, 3.8) is 0 Å². The van der Waals surface area contributed by atoms with Gasteiger partial charge in [0.2, 0.25) is 0 Å². The van der Waals surface area contributed by atoms with E-state index in [1.54, 1.807) is 0 Å². The Bertz CT molecular complexity index is 469. The normalized spacial score (nSPS) is 20.3. The fourth-order valence-corrected chi connectivity index (χ4v) is 3.05. The van der Waals surface area contributed by atoms with Gasteiger partial charge in [0.1, 0.15) is 0 Å². The topological polar surface area (TPSA) is 64.6 Å². The lowest BCUT2D eigenvalue weighted by molar-refractivity contribution is -0.149. The summed E-state index contributed by atoms with van der Waals surface area (Å²) >= 11 is 0. The number of sulfone groups is 1. The van der Waals surface area contributed by atoms with Crippen molar-refractivity contribution in [2.45, 2.75) is 12.0 Å². The first-order valence-corrected chi connectivity index (χ1v) is 8.16. The molecule has 0 bridgehead atoms. The zero-order valence-electron chi connectivity index (χ0n) is 10.7. The van der Waals surface area contributed by atoms with Crippen LogP contribution in [0.2, 0.25) is 0 Å². The molecule has 1 aromatic carbocycles. The third-order valence-electron chi connectivity index (χ3n) is 2.82. The Labute approximate surface area is 113 Å². The maximum Gasteiger partial charge on any atom is 0.169 e. The molecule has 1 aliphatic rings. The summed E-state index contributed by atoms with van der Waals surface area (Å²) in [5.74, 6) is 0.0722. The molecule has 0 amide bonds. The van der Waals surface area contributed by atoms with Crippen LogP contribution in [0.15, 0.2) is 30.3 Å².